The smallest absolute Gasteiger partial charge is 0.243 e. The molecule has 5 heteroatoms. The minimum absolute atomic E-state index is 0.0649. The van der Waals surface area contributed by atoms with Crippen molar-refractivity contribution in [2.24, 2.45) is 5.92 Å². The van der Waals surface area contributed by atoms with E-state index in [0.717, 1.165) is 18.4 Å². The zero-order chi connectivity index (χ0) is 16.6. The Morgan fingerprint density at radius 3 is 2.57 bits per heavy atom. The van der Waals surface area contributed by atoms with Crippen LogP contribution in [0.25, 0.3) is 0 Å². The summed E-state index contributed by atoms with van der Waals surface area (Å²) >= 11 is 0. The second kappa shape index (κ2) is 6.30. The van der Waals surface area contributed by atoms with E-state index in [1.807, 2.05) is 13.8 Å². The van der Waals surface area contributed by atoms with Crippen molar-refractivity contribution in [3.8, 4) is 0 Å². The number of hydrogen-bond acceptors (Lipinski definition) is 2. The maximum Gasteiger partial charge on any atom is 0.243 e. The van der Waals surface area contributed by atoms with E-state index in [2.05, 4.69) is 5.32 Å². The van der Waals surface area contributed by atoms with Gasteiger partial charge in [0.1, 0.15) is 11.9 Å². The highest BCUT2D eigenvalue weighted by Crippen LogP contribution is 2.41. The average Bonchev–Trinajstić information content (AvgIpc) is 3.13. The molecule has 124 valence electrons. The molecule has 2 amide bonds. The van der Waals surface area contributed by atoms with Crippen LogP contribution in [0.2, 0.25) is 0 Å². The lowest BCUT2D eigenvalue weighted by atomic mass is 10.0. The predicted octanol–water partition coefficient (Wildman–Crippen LogP) is 2.44. The van der Waals surface area contributed by atoms with Crippen molar-refractivity contribution in [3.63, 3.8) is 0 Å². The summed E-state index contributed by atoms with van der Waals surface area (Å²) < 4.78 is 13.0. The van der Waals surface area contributed by atoms with Gasteiger partial charge in [-0.2, -0.15) is 0 Å². The zero-order valence-electron chi connectivity index (χ0n) is 13.6. The molecule has 1 aromatic rings. The second-order valence-corrected chi connectivity index (χ2v) is 6.89. The molecule has 1 aliphatic carbocycles. The molecule has 0 radical (unpaired) electrons. The third-order valence-corrected chi connectivity index (χ3v) is 4.76. The molecule has 0 bridgehead atoms. The van der Waals surface area contributed by atoms with Gasteiger partial charge in [0.25, 0.3) is 0 Å². The molecule has 1 heterocycles. The Morgan fingerprint density at radius 2 is 2.00 bits per heavy atom. The minimum Gasteiger partial charge on any atom is -0.351 e. The number of hydrogen-bond donors (Lipinski definition) is 1. The van der Waals surface area contributed by atoms with Crippen LogP contribution in [-0.4, -0.2) is 35.3 Å². The van der Waals surface area contributed by atoms with Gasteiger partial charge in [0.15, 0.2) is 0 Å². The summed E-state index contributed by atoms with van der Waals surface area (Å²) in [5.41, 5.74) is 1.05. The average molecular weight is 318 g/mol. The highest BCUT2D eigenvalue weighted by atomic mass is 19.1. The molecule has 1 aromatic carbocycles. The number of nitrogens with one attached hydrogen (secondary N) is 1. The highest BCUT2D eigenvalue weighted by molar-refractivity contribution is 5.89. The Labute approximate surface area is 136 Å². The first-order chi connectivity index (χ1) is 11.0. The molecule has 1 aliphatic heterocycles. The molecule has 2 aliphatic rings. The van der Waals surface area contributed by atoms with Crippen molar-refractivity contribution in [2.75, 3.05) is 6.54 Å². The lowest BCUT2D eigenvalue weighted by Gasteiger charge is -2.30. The summed E-state index contributed by atoms with van der Waals surface area (Å²) in [6.07, 6.45) is 2.24. The van der Waals surface area contributed by atoms with Crippen molar-refractivity contribution in [2.45, 2.75) is 51.1 Å². The first-order valence-corrected chi connectivity index (χ1v) is 8.32. The first kappa shape index (κ1) is 16.0. The van der Waals surface area contributed by atoms with Crippen LogP contribution in [0.1, 0.15) is 44.6 Å². The molecule has 3 unspecified atom stereocenters. The van der Waals surface area contributed by atoms with E-state index in [4.69, 9.17) is 0 Å². The van der Waals surface area contributed by atoms with Gasteiger partial charge in [0, 0.05) is 24.9 Å². The largest absolute Gasteiger partial charge is 0.351 e. The zero-order valence-corrected chi connectivity index (χ0v) is 13.6. The van der Waals surface area contributed by atoms with Crippen molar-refractivity contribution >= 4 is 11.8 Å². The van der Waals surface area contributed by atoms with Crippen LogP contribution < -0.4 is 5.32 Å². The van der Waals surface area contributed by atoms with Gasteiger partial charge in [-0.05, 0) is 36.5 Å². The molecular formula is C18H23FN2O2. The third kappa shape index (κ3) is 3.38. The van der Waals surface area contributed by atoms with Crippen molar-refractivity contribution in [1.82, 2.24) is 10.2 Å². The van der Waals surface area contributed by atoms with Gasteiger partial charge < -0.3 is 10.2 Å². The summed E-state index contributed by atoms with van der Waals surface area (Å²) in [6.45, 7) is 4.61. The standard InChI is InChI=1S/C18H23FN2O2/c1-11(2)17(21-9-3-4-16(21)22)18(23)20-15-10-14(15)12-5-7-13(19)8-6-12/h5-8,11,14-15,17H,3-4,9-10H2,1-2H3,(H,20,23). The molecule has 4 nitrogen and oxygen atoms in total. The number of rotatable bonds is 5. The van der Waals surface area contributed by atoms with Crippen LogP contribution in [-0.2, 0) is 9.59 Å². The first-order valence-electron chi connectivity index (χ1n) is 8.32. The van der Waals surface area contributed by atoms with Crippen molar-refractivity contribution < 1.29 is 14.0 Å². The topological polar surface area (TPSA) is 49.4 Å². The third-order valence-electron chi connectivity index (χ3n) is 4.76. The van der Waals surface area contributed by atoms with Crippen molar-refractivity contribution in [3.05, 3.63) is 35.6 Å². The van der Waals surface area contributed by atoms with E-state index in [-0.39, 0.29) is 41.6 Å². The fourth-order valence-corrected chi connectivity index (χ4v) is 3.47. The molecule has 3 rings (SSSR count). The molecule has 1 saturated heterocycles. The van der Waals surface area contributed by atoms with E-state index in [1.165, 1.54) is 12.1 Å². The van der Waals surface area contributed by atoms with Crippen molar-refractivity contribution in [1.29, 1.82) is 0 Å². The van der Waals surface area contributed by atoms with Gasteiger partial charge in [-0.3, -0.25) is 9.59 Å². The number of benzene rings is 1. The maximum absolute atomic E-state index is 13.0. The normalized spacial score (nSPS) is 24.9. The number of carbonyl (C=O) groups excluding carboxylic acids is 2. The van der Waals surface area contributed by atoms with E-state index in [0.29, 0.717) is 13.0 Å². The Kier molecular flexibility index (Phi) is 4.37. The molecule has 0 spiro atoms. The molecule has 3 atom stereocenters. The lowest BCUT2D eigenvalue weighted by molar-refractivity contribution is -0.139. The van der Waals surface area contributed by atoms with Gasteiger partial charge in [0.05, 0.1) is 0 Å². The van der Waals surface area contributed by atoms with Crippen LogP contribution in [0.15, 0.2) is 24.3 Å². The summed E-state index contributed by atoms with van der Waals surface area (Å²) in [5.74, 6) is 0.0960. The Bertz CT molecular complexity index is 600. The van der Waals surface area contributed by atoms with Gasteiger partial charge in [-0.25, -0.2) is 4.39 Å². The number of nitrogens with zero attached hydrogens (tertiary/aromatic N) is 1. The number of likely N-dealkylation sites (tertiary alicyclic amines) is 1. The van der Waals surface area contributed by atoms with Crippen LogP contribution >= 0.6 is 0 Å². The quantitative estimate of drug-likeness (QED) is 0.906. The minimum atomic E-state index is -0.389. The highest BCUT2D eigenvalue weighted by Gasteiger charge is 2.42. The number of amides is 2. The SMILES string of the molecule is CC(C)C(C(=O)NC1CC1c1ccc(F)cc1)N1CCCC1=O. The summed E-state index contributed by atoms with van der Waals surface area (Å²) in [4.78, 5) is 26.3. The molecule has 0 aromatic heterocycles. The summed E-state index contributed by atoms with van der Waals surface area (Å²) in [5, 5.41) is 3.07. The fourth-order valence-electron chi connectivity index (χ4n) is 3.47. The summed E-state index contributed by atoms with van der Waals surface area (Å²) in [7, 11) is 0. The van der Waals surface area contributed by atoms with Gasteiger partial charge in [0.2, 0.25) is 11.8 Å². The molecule has 23 heavy (non-hydrogen) atoms. The molecular weight excluding hydrogens is 295 g/mol. The molecule has 1 N–H and O–H groups in total. The monoisotopic (exact) mass is 318 g/mol. The van der Waals surface area contributed by atoms with Gasteiger partial charge in [-0.1, -0.05) is 26.0 Å². The van der Waals surface area contributed by atoms with E-state index < -0.39 is 0 Å². The number of carbonyl (C=O) groups is 2. The Balaban J connectivity index is 1.62. The number of halogens is 1. The lowest BCUT2D eigenvalue weighted by Crippen LogP contribution is -2.51. The van der Waals surface area contributed by atoms with Crippen LogP contribution in [0.3, 0.4) is 0 Å². The van der Waals surface area contributed by atoms with Gasteiger partial charge in [-0.15, -0.1) is 0 Å². The van der Waals surface area contributed by atoms with E-state index in [9.17, 15) is 14.0 Å². The predicted molar refractivity (Wildman–Crippen MR) is 85.3 cm³/mol. The van der Waals surface area contributed by atoms with E-state index in [1.54, 1.807) is 17.0 Å². The Hall–Kier alpha value is -1.91. The van der Waals surface area contributed by atoms with Crippen LogP contribution in [0.5, 0.6) is 0 Å². The van der Waals surface area contributed by atoms with E-state index >= 15 is 0 Å². The van der Waals surface area contributed by atoms with Crippen LogP contribution in [0.4, 0.5) is 4.39 Å². The van der Waals surface area contributed by atoms with Gasteiger partial charge >= 0.3 is 0 Å². The second-order valence-electron chi connectivity index (χ2n) is 6.89. The Morgan fingerprint density at radius 1 is 1.30 bits per heavy atom. The summed E-state index contributed by atoms with van der Waals surface area (Å²) in [6, 6.07) is 6.15. The molecule has 1 saturated carbocycles. The fraction of sp³-hybridized carbons (Fsp3) is 0.556. The van der Waals surface area contributed by atoms with Crippen LogP contribution in [0, 0.1) is 11.7 Å². The molecule has 2 fully saturated rings. The maximum atomic E-state index is 13.0.